The third kappa shape index (κ3) is 2.95. The molecule has 1 unspecified atom stereocenters. The second kappa shape index (κ2) is 5.30. The minimum Gasteiger partial charge on any atom is -0.481 e. The second-order valence-electron chi connectivity index (χ2n) is 4.75. The smallest absolute Gasteiger partial charge is 0.308 e. The van der Waals surface area contributed by atoms with Crippen molar-refractivity contribution in [2.75, 3.05) is 13.2 Å². The van der Waals surface area contributed by atoms with Gasteiger partial charge < -0.3 is 15.1 Å². The topological polar surface area (TPSA) is 77.8 Å². The molecule has 1 saturated heterocycles. The van der Waals surface area contributed by atoms with E-state index >= 15 is 0 Å². The Bertz CT molecular complexity index is 277. The molecule has 1 rings (SSSR count). The number of carbonyl (C=O) groups is 2. The Labute approximate surface area is 95.1 Å². The number of carboxylic acid groups (broad SMARTS) is 1. The number of rotatable bonds is 5. The summed E-state index contributed by atoms with van der Waals surface area (Å²) in [7, 11) is 0. The van der Waals surface area contributed by atoms with Gasteiger partial charge in [0.2, 0.25) is 5.91 Å². The lowest BCUT2D eigenvalue weighted by molar-refractivity contribution is -0.141. The second-order valence-corrected chi connectivity index (χ2v) is 4.75. The number of hydrogen-bond donors (Lipinski definition) is 2. The number of aliphatic carboxylic acids is 1. The van der Waals surface area contributed by atoms with Crippen molar-refractivity contribution >= 4 is 11.9 Å². The number of aliphatic hydroxyl groups excluding tert-OH is 1. The monoisotopic (exact) mass is 229 g/mol. The van der Waals surface area contributed by atoms with Gasteiger partial charge in [0.15, 0.2) is 0 Å². The maximum Gasteiger partial charge on any atom is 0.308 e. The molecule has 0 radical (unpaired) electrons. The van der Waals surface area contributed by atoms with Crippen LogP contribution in [0, 0.1) is 11.8 Å². The van der Waals surface area contributed by atoms with Gasteiger partial charge in [-0.25, -0.2) is 0 Å². The SMILES string of the molecule is CC(C)C[C@@H](CO)N1CC(C(=O)O)CC1=O. The zero-order valence-corrected chi connectivity index (χ0v) is 9.72. The first kappa shape index (κ1) is 13.0. The highest BCUT2D eigenvalue weighted by molar-refractivity contribution is 5.86. The third-order valence-electron chi connectivity index (χ3n) is 2.90. The van der Waals surface area contributed by atoms with Gasteiger partial charge in [0, 0.05) is 13.0 Å². The fraction of sp³-hybridized carbons (Fsp3) is 0.818. The van der Waals surface area contributed by atoms with E-state index in [-0.39, 0.29) is 31.5 Å². The zero-order valence-electron chi connectivity index (χ0n) is 9.72. The molecule has 0 bridgehead atoms. The van der Waals surface area contributed by atoms with Crippen LogP contribution in [0.5, 0.6) is 0 Å². The summed E-state index contributed by atoms with van der Waals surface area (Å²) in [5, 5.41) is 18.1. The van der Waals surface area contributed by atoms with Crippen LogP contribution in [-0.2, 0) is 9.59 Å². The molecule has 5 nitrogen and oxygen atoms in total. The summed E-state index contributed by atoms with van der Waals surface area (Å²) in [6.07, 6.45) is 0.762. The zero-order chi connectivity index (χ0) is 12.3. The van der Waals surface area contributed by atoms with Crippen molar-refractivity contribution < 1.29 is 19.8 Å². The molecule has 0 aliphatic carbocycles. The minimum absolute atomic E-state index is 0.0595. The fourth-order valence-corrected chi connectivity index (χ4v) is 2.09. The predicted molar refractivity (Wildman–Crippen MR) is 57.8 cm³/mol. The van der Waals surface area contributed by atoms with E-state index in [9.17, 15) is 14.7 Å². The van der Waals surface area contributed by atoms with E-state index in [0.717, 1.165) is 0 Å². The molecule has 2 atom stereocenters. The van der Waals surface area contributed by atoms with Crippen LogP contribution in [-0.4, -0.2) is 46.2 Å². The average Bonchev–Trinajstić information content (AvgIpc) is 2.56. The summed E-state index contributed by atoms with van der Waals surface area (Å²) in [4.78, 5) is 23.9. The molecule has 0 spiro atoms. The lowest BCUT2D eigenvalue weighted by Crippen LogP contribution is -2.40. The Kier molecular flexibility index (Phi) is 4.29. The van der Waals surface area contributed by atoms with Gasteiger partial charge in [-0.15, -0.1) is 0 Å². The van der Waals surface area contributed by atoms with Crippen LogP contribution in [0.3, 0.4) is 0 Å². The van der Waals surface area contributed by atoms with Gasteiger partial charge in [0.25, 0.3) is 0 Å². The number of likely N-dealkylation sites (tertiary alicyclic amines) is 1. The Balaban J connectivity index is 2.65. The van der Waals surface area contributed by atoms with Crippen LogP contribution in [0.15, 0.2) is 0 Å². The highest BCUT2D eigenvalue weighted by Crippen LogP contribution is 2.23. The molecule has 0 aromatic heterocycles. The van der Waals surface area contributed by atoms with Crippen molar-refractivity contribution in [2.24, 2.45) is 11.8 Å². The lowest BCUT2D eigenvalue weighted by atomic mass is 10.0. The number of carboxylic acids is 1. The van der Waals surface area contributed by atoms with E-state index in [4.69, 9.17) is 5.11 Å². The van der Waals surface area contributed by atoms with Gasteiger partial charge in [-0.05, 0) is 12.3 Å². The molecule has 0 aromatic carbocycles. The van der Waals surface area contributed by atoms with Crippen LogP contribution in [0.2, 0.25) is 0 Å². The highest BCUT2D eigenvalue weighted by atomic mass is 16.4. The molecule has 1 heterocycles. The lowest BCUT2D eigenvalue weighted by Gasteiger charge is -2.27. The number of hydrogen-bond acceptors (Lipinski definition) is 3. The first-order chi connectivity index (χ1) is 7.45. The van der Waals surface area contributed by atoms with Crippen LogP contribution < -0.4 is 0 Å². The standard InChI is InChI=1S/C11H19NO4/c1-7(2)3-9(6-13)12-5-8(11(15)16)4-10(12)14/h7-9,13H,3-6H2,1-2H3,(H,15,16)/t8?,9-/m0/s1. The molecule has 2 N–H and O–H groups in total. The summed E-state index contributed by atoms with van der Waals surface area (Å²) in [6.45, 7) is 4.15. The van der Waals surface area contributed by atoms with Crippen molar-refractivity contribution in [1.82, 2.24) is 4.90 Å². The summed E-state index contributed by atoms with van der Waals surface area (Å²) in [6, 6.07) is -0.239. The van der Waals surface area contributed by atoms with Gasteiger partial charge in [0.1, 0.15) is 0 Å². The van der Waals surface area contributed by atoms with Crippen molar-refractivity contribution in [3.05, 3.63) is 0 Å². The molecular formula is C11H19NO4. The van der Waals surface area contributed by atoms with E-state index in [1.807, 2.05) is 13.8 Å². The number of amides is 1. The van der Waals surface area contributed by atoms with Gasteiger partial charge in [-0.3, -0.25) is 9.59 Å². The van der Waals surface area contributed by atoms with Crippen LogP contribution in [0.25, 0.3) is 0 Å². The molecule has 1 aliphatic heterocycles. The van der Waals surface area contributed by atoms with E-state index in [1.54, 1.807) is 0 Å². The maximum absolute atomic E-state index is 11.6. The number of nitrogens with zero attached hydrogens (tertiary/aromatic N) is 1. The first-order valence-corrected chi connectivity index (χ1v) is 5.58. The molecule has 16 heavy (non-hydrogen) atoms. The predicted octanol–water partition coefficient (Wildman–Crippen LogP) is 0.326. The molecular weight excluding hydrogens is 210 g/mol. The fourth-order valence-electron chi connectivity index (χ4n) is 2.09. The molecule has 0 aromatic rings. The largest absolute Gasteiger partial charge is 0.481 e. The molecule has 1 amide bonds. The molecule has 1 fully saturated rings. The molecule has 5 heteroatoms. The van der Waals surface area contributed by atoms with Gasteiger partial charge in [-0.1, -0.05) is 13.8 Å². The van der Waals surface area contributed by atoms with E-state index < -0.39 is 11.9 Å². The Morgan fingerprint density at radius 3 is 2.56 bits per heavy atom. The van der Waals surface area contributed by atoms with Crippen LogP contribution >= 0.6 is 0 Å². The van der Waals surface area contributed by atoms with E-state index in [1.165, 1.54) is 4.90 Å². The first-order valence-electron chi connectivity index (χ1n) is 5.58. The summed E-state index contributed by atoms with van der Waals surface area (Å²) in [5.41, 5.74) is 0. The van der Waals surface area contributed by atoms with Crippen LogP contribution in [0.1, 0.15) is 26.7 Å². The van der Waals surface area contributed by atoms with Crippen molar-refractivity contribution in [2.45, 2.75) is 32.7 Å². The molecule has 1 aliphatic rings. The van der Waals surface area contributed by atoms with Crippen LogP contribution in [0.4, 0.5) is 0 Å². The Hall–Kier alpha value is -1.10. The Morgan fingerprint density at radius 2 is 2.19 bits per heavy atom. The molecule has 92 valence electrons. The average molecular weight is 229 g/mol. The van der Waals surface area contributed by atoms with E-state index in [0.29, 0.717) is 12.3 Å². The van der Waals surface area contributed by atoms with Crippen molar-refractivity contribution in [1.29, 1.82) is 0 Å². The van der Waals surface area contributed by atoms with Gasteiger partial charge >= 0.3 is 5.97 Å². The summed E-state index contributed by atoms with van der Waals surface area (Å²) < 4.78 is 0. The summed E-state index contributed by atoms with van der Waals surface area (Å²) in [5.74, 6) is -1.34. The van der Waals surface area contributed by atoms with Gasteiger partial charge in [0.05, 0.1) is 18.6 Å². The van der Waals surface area contributed by atoms with E-state index in [2.05, 4.69) is 0 Å². The van der Waals surface area contributed by atoms with Crippen molar-refractivity contribution in [3.8, 4) is 0 Å². The minimum atomic E-state index is -0.933. The third-order valence-corrected chi connectivity index (χ3v) is 2.90. The number of carbonyl (C=O) groups excluding carboxylic acids is 1. The van der Waals surface area contributed by atoms with Gasteiger partial charge in [-0.2, -0.15) is 0 Å². The Morgan fingerprint density at radius 1 is 1.56 bits per heavy atom. The highest BCUT2D eigenvalue weighted by Gasteiger charge is 2.37. The molecule has 0 saturated carbocycles. The number of aliphatic hydroxyl groups is 1. The maximum atomic E-state index is 11.6. The van der Waals surface area contributed by atoms with Crippen molar-refractivity contribution in [3.63, 3.8) is 0 Å². The summed E-state index contributed by atoms with van der Waals surface area (Å²) >= 11 is 0. The normalized spacial score (nSPS) is 22.9. The quantitative estimate of drug-likeness (QED) is 0.712.